The van der Waals surface area contributed by atoms with E-state index in [1.807, 2.05) is 51.1 Å². The molecule has 0 saturated heterocycles. The molecule has 3 rings (SSSR count). The minimum Gasteiger partial charge on any atom is -0.493 e. The standard InChI is InChI=1S/C22H27BrN2O5/c1-22(2,3)25-20(26)12-28-21-15(16(23)6-8-18(21)27-4)11-24-10-14-5-7-17-19(9-14)30-13-29-17/h5-9,24H,10-13H2,1-4H3,(H,25,26). The van der Waals surface area contributed by atoms with Crippen molar-refractivity contribution in [2.24, 2.45) is 0 Å². The average molecular weight is 479 g/mol. The summed E-state index contributed by atoms with van der Waals surface area (Å²) < 4.78 is 23.0. The maximum absolute atomic E-state index is 12.2. The molecule has 1 heterocycles. The van der Waals surface area contributed by atoms with Gasteiger partial charge in [0.05, 0.1) is 7.11 Å². The summed E-state index contributed by atoms with van der Waals surface area (Å²) in [7, 11) is 1.58. The zero-order valence-corrected chi connectivity index (χ0v) is 19.2. The maximum Gasteiger partial charge on any atom is 0.258 e. The van der Waals surface area contributed by atoms with Crippen molar-refractivity contribution < 1.29 is 23.7 Å². The molecule has 1 aliphatic heterocycles. The highest BCUT2D eigenvalue weighted by Gasteiger charge is 2.19. The predicted molar refractivity (Wildman–Crippen MR) is 117 cm³/mol. The summed E-state index contributed by atoms with van der Waals surface area (Å²) in [6.45, 7) is 7.08. The summed E-state index contributed by atoms with van der Waals surface area (Å²) in [6.07, 6.45) is 0. The Bertz CT molecular complexity index is 911. The van der Waals surface area contributed by atoms with Crippen LogP contribution >= 0.6 is 15.9 Å². The van der Waals surface area contributed by atoms with E-state index in [4.69, 9.17) is 18.9 Å². The van der Waals surface area contributed by atoms with E-state index >= 15 is 0 Å². The second-order valence-corrected chi connectivity index (χ2v) is 8.79. The number of hydrogen-bond acceptors (Lipinski definition) is 6. The lowest BCUT2D eigenvalue weighted by molar-refractivity contribution is -0.124. The third kappa shape index (κ3) is 5.79. The number of carbonyl (C=O) groups is 1. The van der Waals surface area contributed by atoms with Crippen molar-refractivity contribution in [2.75, 3.05) is 20.5 Å². The molecule has 0 spiro atoms. The molecule has 2 aromatic carbocycles. The van der Waals surface area contributed by atoms with Crippen LogP contribution in [-0.2, 0) is 17.9 Å². The van der Waals surface area contributed by atoms with E-state index in [0.29, 0.717) is 24.6 Å². The van der Waals surface area contributed by atoms with Crippen LogP contribution < -0.4 is 29.6 Å². The molecule has 8 heteroatoms. The maximum atomic E-state index is 12.2. The molecule has 2 N–H and O–H groups in total. The van der Waals surface area contributed by atoms with E-state index in [0.717, 1.165) is 27.1 Å². The minimum absolute atomic E-state index is 0.0980. The van der Waals surface area contributed by atoms with Crippen molar-refractivity contribution >= 4 is 21.8 Å². The number of fused-ring (bicyclic) bond motifs is 1. The minimum atomic E-state index is -0.323. The number of amides is 1. The number of benzene rings is 2. The molecule has 0 saturated carbocycles. The van der Waals surface area contributed by atoms with Gasteiger partial charge in [0.25, 0.3) is 5.91 Å². The Morgan fingerprint density at radius 1 is 1.13 bits per heavy atom. The van der Waals surface area contributed by atoms with Crippen molar-refractivity contribution in [1.82, 2.24) is 10.6 Å². The third-order valence-corrected chi connectivity index (χ3v) is 5.06. The first kappa shape index (κ1) is 22.2. The molecule has 2 aromatic rings. The Kier molecular flexibility index (Phi) is 7.10. The van der Waals surface area contributed by atoms with E-state index in [1.54, 1.807) is 7.11 Å². The smallest absolute Gasteiger partial charge is 0.258 e. The monoisotopic (exact) mass is 478 g/mol. The number of carbonyl (C=O) groups excluding carboxylic acids is 1. The molecule has 0 radical (unpaired) electrons. The van der Waals surface area contributed by atoms with Gasteiger partial charge in [-0.1, -0.05) is 22.0 Å². The summed E-state index contributed by atoms with van der Waals surface area (Å²) in [5.74, 6) is 2.43. The Morgan fingerprint density at radius 3 is 2.63 bits per heavy atom. The number of ether oxygens (including phenoxy) is 4. The SMILES string of the molecule is COc1ccc(Br)c(CNCc2ccc3c(c2)OCO3)c1OCC(=O)NC(C)(C)C. The fourth-order valence-corrected chi connectivity index (χ4v) is 3.49. The predicted octanol–water partition coefficient (Wildman–Crippen LogP) is 3.77. The second kappa shape index (κ2) is 9.57. The van der Waals surface area contributed by atoms with E-state index in [9.17, 15) is 4.79 Å². The topological polar surface area (TPSA) is 78.1 Å². The van der Waals surface area contributed by atoms with Crippen molar-refractivity contribution in [3.63, 3.8) is 0 Å². The van der Waals surface area contributed by atoms with Crippen molar-refractivity contribution in [3.05, 3.63) is 45.9 Å². The van der Waals surface area contributed by atoms with Crippen molar-refractivity contribution in [1.29, 1.82) is 0 Å². The number of methoxy groups -OCH3 is 1. The first-order valence-electron chi connectivity index (χ1n) is 9.65. The van der Waals surface area contributed by atoms with Gasteiger partial charge in [0.15, 0.2) is 29.6 Å². The van der Waals surface area contributed by atoms with Gasteiger partial charge in [-0.05, 0) is 50.6 Å². The molecule has 30 heavy (non-hydrogen) atoms. The summed E-state index contributed by atoms with van der Waals surface area (Å²) in [4.78, 5) is 12.2. The van der Waals surface area contributed by atoms with Crippen LogP contribution in [0.3, 0.4) is 0 Å². The fourth-order valence-electron chi connectivity index (χ4n) is 3.04. The molecular weight excluding hydrogens is 452 g/mol. The lowest BCUT2D eigenvalue weighted by Gasteiger charge is -2.21. The molecule has 1 amide bonds. The fraction of sp³-hybridized carbons (Fsp3) is 0.409. The zero-order valence-electron chi connectivity index (χ0n) is 17.6. The van der Waals surface area contributed by atoms with Crippen molar-refractivity contribution in [2.45, 2.75) is 39.4 Å². The van der Waals surface area contributed by atoms with Crippen LogP contribution in [-0.4, -0.2) is 32.0 Å². The van der Waals surface area contributed by atoms with Gasteiger partial charge in [-0.2, -0.15) is 0 Å². The first-order valence-corrected chi connectivity index (χ1v) is 10.4. The van der Waals surface area contributed by atoms with Gasteiger partial charge in [-0.25, -0.2) is 0 Å². The van der Waals surface area contributed by atoms with Gasteiger partial charge in [0.1, 0.15) is 0 Å². The Hall–Kier alpha value is -2.45. The number of hydrogen-bond donors (Lipinski definition) is 2. The van der Waals surface area contributed by atoms with Gasteiger partial charge < -0.3 is 29.6 Å². The van der Waals surface area contributed by atoms with E-state index < -0.39 is 0 Å². The van der Waals surface area contributed by atoms with Crippen LogP contribution in [0.5, 0.6) is 23.0 Å². The quantitative estimate of drug-likeness (QED) is 0.601. The highest BCUT2D eigenvalue weighted by atomic mass is 79.9. The van der Waals surface area contributed by atoms with Crippen LogP contribution in [0.2, 0.25) is 0 Å². The molecule has 1 aliphatic rings. The summed E-state index contributed by atoms with van der Waals surface area (Å²) in [5.41, 5.74) is 1.63. The van der Waals surface area contributed by atoms with E-state index in [-0.39, 0.29) is 24.8 Å². The molecule has 0 bridgehead atoms. The first-order chi connectivity index (χ1) is 14.3. The molecule has 0 atom stereocenters. The van der Waals surface area contributed by atoms with E-state index in [2.05, 4.69) is 26.6 Å². The van der Waals surface area contributed by atoms with Crippen LogP contribution in [0.4, 0.5) is 0 Å². The highest BCUT2D eigenvalue weighted by molar-refractivity contribution is 9.10. The number of nitrogens with one attached hydrogen (secondary N) is 2. The number of rotatable bonds is 8. The molecule has 7 nitrogen and oxygen atoms in total. The Morgan fingerprint density at radius 2 is 1.90 bits per heavy atom. The summed E-state index contributed by atoms with van der Waals surface area (Å²) in [6, 6.07) is 9.57. The van der Waals surface area contributed by atoms with Gasteiger partial charge in [0, 0.05) is 28.7 Å². The molecule has 0 aromatic heterocycles. The normalized spacial score (nSPS) is 12.6. The Labute approximate surface area is 185 Å². The van der Waals surface area contributed by atoms with Gasteiger partial charge >= 0.3 is 0 Å². The average Bonchev–Trinajstić information content (AvgIpc) is 3.14. The van der Waals surface area contributed by atoms with Crippen LogP contribution in [0.15, 0.2) is 34.8 Å². The second-order valence-electron chi connectivity index (χ2n) is 7.94. The largest absolute Gasteiger partial charge is 0.493 e. The summed E-state index contributed by atoms with van der Waals surface area (Å²) >= 11 is 3.58. The van der Waals surface area contributed by atoms with E-state index in [1.165, 1.54) is 0 Å². The lowest BCUT2D eigenvalue weighted by atomic mass is 10.1. The van der Waals surface area contributed by atoms with Gasteiger partial charge in [-0.3, -0.25) is 4.79 Å². The van der Waals surface area contributed by atoms with Crippen molar-refractivity contribution in [3.8, 4) is 23.0 Å². The Balaban J connectivity index is 1.68. The van der Waals surface area contributed by atoms with Crippen LogP contribution in [0, 0.1) is 0 Å². The van der Waals surface area contributed by atoms with Crippen LogP contribution in [0.1, 0.15) is 31.9 Å². The molecule has 0 unspecified atom stereocenters. The lowest BCUT2D eigenvalue weighted by Crippen LogP contribution is -2.43. The molecular formula is C22H27BrN2O5. The number of halogens is 1. The zero-order chi connectivity index (χ0) is 21.7. The molecule has 0 aliphatic carbocycles. The van der Waals surface area contributed by atoms with Gasteiger partial charge in [-0.15, -0.1) is 0 Å². The van der Waals surface area contributed by atoms with Gasteiger partial charge in [0.2, 0.25) is 6.79 Å². The molecule has 162 valence electrons. The molecule has 0 fully saturated rings. The highest BCUT2D eigenvalue weighted by Crippen LogP contribution is 2.36. The summed E-state index contributed by atoms with van der Waals surface area (Å²) in [5, 5.41) is 6.30. The third-order valence-electron chi connectivity index (χ3n) is 4.32. The van der Waals surface area contributed by atoms with Crippen LogP contribution in [0.25, 0.3) is 0 Å².